The lowest BCUT2D eigenvalue weighted by atomic mass is 10.0. The Balaban J connectivity index is 1.72. The summed E-state index contributed by atoms with van der Waals surface area (Å²) in [5.41, 5.74) is 2.87. The van der Waals surface area contributed by atoms with Gasteiger partial charge in [-0.25, -0.2) is 4.79 Å². The van der Waals surface area contributed by atoms with E-state index in [1.54, 1.807) is 0 Å². The Labute approximate surface area is 174 Å². The maximum absolute atomic E-state index is 12.1. The van der Waals surface area contributed by atoms with Gasteiger partial charge in [0.2, 0.25) is 0 Å². The van der Waals surface area contributed by atoms with Gasteiger partial charge in [-0.3, -0.25) is 0 Å². The smallest absolute Gasteiger partial charge is 0.348 e. The van der Waals surface area contributed by atoms with E-state index in [4.69, 9.17) is 14.2 Å². The molecule has 2 aromatic carbocycles. The number of benzene rings is 2. The molecule has 5 nitrogen and oxygen atoms in total. The molecule has 3 aromatic rings. The summed E-state index contributed by atoms with van der Waals surface area (Å²) in [6.07, 6.45) is 0.950. The van der Waals surface area contributed by atoms with Crippen LogP contribution >= 0.6 is 11.3 Å². The van der Waals surface area contributed by atoms with E-state index in [0.717, 1.165) is 51.8 Å². The van der Waals surface area contributed by atoms with Gasteiger partial charge in [-0.15, -0.1) is 11.3 Å². The highest BCUT2D eigenvalue weighted by Crippen LogP contribution is 2.50. The third kappa shape index (κ3) is 3.99. The van der Waals surface area contributed by atoms with Gasteiger partial charge < -0.3 is 19.1 Å². The van der Waals surface area contributed by atoms with Gasteiger partial charge in [-0.2, -0.15) is 0 Å². The first kappa shape index (κ1) is 19.5. The molecule has 0 spiro atoms. The van der Waals surface area contributed by atoms with E-state index >= 15 is 0 Å². The van der Waals surface area contributed by atoms with E-state index in [1.165, 1.54) is 18.4 Å². The Morgan fingerprint density at radius 3 is 2.66 bits per heavy atom. The fourth-order valence-corrected chi connectivity index (χ4v) is 4.45. The molecule has 4 rings (SSSR count). The van der Waals surface area contributed by atoms with Crippen LogP contribution in [-0.4, -0.2) is 45.2 Å². The number of thiophene rings is 1. The number of hydrogen-bond donors (Lipinski definition) is 0. The zero-order valence-corrected chi connectivity index (χ0v) is 17.5. The molecule has 1 aliphatic heterocycles. The first-order valence-electron chi connectivity index (χ1n) is 9.48. The fourth-order valence-electron chi connectivity index (χ4n) is 3.32. The summed E-state index contributed by atoms with van der Waals surface area (Å²) in [5, 5.41) is 0. The number of carbonyl (C=O) groups excluding carboxylic acids is 1. The highest BCUT2D eigenvalue weighted by Gasteiger charge is 2.25. The Hall–Kier alpha value is -2.83. The fraction of sp³-hybridized carbons (Fsp3) is 0.261. The summed E-state index contributed by atoms with van der Waals surface area (Å²) in [4.78, 5) is 15.8. The molecule has 0 atom stereocenters. The minimum atomic E-state index is -0.330. The van der Waals surface area contributed by atoms with Gasteiger partial charge in [0.1, 0.15) is 22.1 Å². The molecule has 150 valence electrons. The van der Waals surface area contributed by atoms with Crippen LogP contribution in [-0.2, 0) is 4.74 Å². The van der Waals surface area contributed by atoms with E-state index in [-0.39, 0.29) is 5.97 Å². The SMILES string of the molecule is COC(=O)c1cc2c(s1)-c1ccc(OCCCN(C)C)cc1Oc1ccccc1-2. The van der Waals surface area contributed by atoms with E-state index in [2.05, 4.69) is 19.0 Å². The van der Waals surface area contributed by atoms with Crippen LogP contribution in [0.15, 0.2) is 48.5 Å². The van der Waals surface area contributed by atoms with Crippen molar-refractivity contribution in [1.29, 1.82) is 0 Å². The second-order valence-corrected chi connectivity index (χ2v) is 8.16. The Morgan fingerprint density at radius 2 is 1.86 bits per heavy atom. The van der Waals surface area contributed by atoms with Gasteiger partial charge in [0.15, 0.2) is 0 Å². The number of methoxy groups -OCH3 is 1. The first-order valence-corrected chi connectivity index (χ1v) is 10.3. The highest BCUT2D eigenvalue weighted by atomic mass is 32.1. The second kappa shape index (κ2) is 8.27. The van der Waals surface area contributed by atoms with Gasteiger partial charge >= 0.3 is 5.97 Å². The van der Waals surface area contributed by atoms with Crippen LogP contribution in [0.1, 0.15) is 16.1 Å². The molecule has 0 radical (unpaired) electrons. The standard InChI is InChI=1S/C23H23NO4S/c1-24(2)11-6-12-27-15-9-10-17-20(13-15)28-19-8-5-4-7-16(19)18-14-21(23(25)26-3)29-22(17)18/h4-5,7-10,13-14H,6,11-12H2,1-3H3. The monoisotopic (exact) mass is 409 g/mol. The Kier molecular flexibility index (Phi) is 5.56. The van der Waals surface area contributed by atoms with Crippen molar-refractivity contribution >= 4 is 17.3 Å². The predicted octanol–water partition coefficient (Wildman–Crippen LogP) is 5.30. The number of hydrogen-bond acceptors (Lipinski definition) is 6. The van der Waals surface area contributed by atoms with Crippen molar-refractivity contribution in [2.45, 2.75) is 6.42 Å². The molecule has 0 bridgehead atoms. The topological polar surface area (TPSA) is 48.0 Å². The lowest BCUT2D eigenvalue weighted by Gasteiger charge is -2.13. The maximum Gasteiger partial charge on any atom is 0.348 e. The molecular weight excluding hydrogens is 386 g/mol. The minimum absolute atomic E-state index is 0.330. The number of nitrogens with zero attached hydrogens (tertiary/aromatic N) is 1. The molecule has 29 heavy (non-hydrogen) atoms. The normalized spacial score (nSPS) is 11.7. The van der Waals surface area contributed by atoms with Crippen molar-refractivity contribution in [2.75, 3.05) is 34.4 Å². The molecule has 0 N–H and O–H groups in total. The lowest BCUT2D eigenvalue weighted by molar-refractivity contribution is 0.0606. The Bertz CT molecular complexity index is 1040. The van der Waals surface area contributed by atoms with Crippen LogP contribution in [0.25, 0.3) is 21.6 Å². The lowest BCUT2D eigenvalue weighted by Crippen LogP contribution is -2.15. The number of para-hydroxylation sites is 1. The third-order valence-electron chi connectivity index (χ3n) is 4.73. The summed E-state index contributed by atoms with van der Waals surface area (Å²) in [5.74, 6) is 1.92. The van der Waals surface area contributed by atoms with Crippen LogP contribution in [0.2, 0.25) is 0 Å². The highest BCUT2D eigenvalue weighted by molar-refractivity contribution is 7.18. The largest absolute Gasteiger partial charge is 0.493 e. The molecule has 0 unspecified atom stereocenters. The van der Waals surface area contributed by atoms with Crippen molar-refractivity contribution in [3.8, 4) is 38.8 Å². The molecule has 0 saturated carbocycles. The molecule has 2 heterocycles. The molecule has 0 saturated heterocycles. The summed E-state index contributed by atoms with van der Waals surface area (Å²) < 4.78 is 17.1. The van der Waals surface area contributed by atoms with Crippen molar-refractivity contribution in [3.63, 3.8) is 0 Å². The van der Waals surface area contributed by atoms with Gasteiger partial charge in [0, 0.05) is 34.2 Å². The number of esters is 1. The van der Waals surface area contributed by atoms with Crippen LogP contribution < -0.4 is 9.47 Å². The van der Waals surface area contributed by atoms with Gasteiger partial charge in [0.05, 0.1) is 13.7 Å². The molecule has 1 aromatic heterocycles. The zero-order valence-electron chi connectivity index (χ0n) is 16.7. The van der Waals surface area contributed by atoms with Gasteiger partial charge in [-0.1, -0.05) is 18.2 Å². The average Bonchev–Trinajstić information content (AvgIpc) is 3.11. The molecule has 6 heteroatoms. The molecular formula is C23H23NO4S. The summed E-state index contributed by atoms with van der Waals surface area (Å²) in [6.45, 7) is 1.62. The van der Waals surface area contributed by atoms with Crippen LogP contribution in [0, 0.1) is 0 Å². The van der Waals surface area contributed by atoms with Crippen molar-refractivity contribution in [2.24, 2.45) is 0 Å². The minimum Gasteiger partial charge on any atom is -0.493 e. The van der Waals surface area contributed by atoms with Crippen molar-refractivity contribution in [1.82, 2.24) is 4.90 Å². The van der Waals surface area contributed by atoms with Crippen LogP contribution in [0.3, 0.4) is 0 Å². The van der Waals surface area contributed by atoms with E-state index < -0.39 is 0 Å². The number of fused-ring (bicyclic) bond motifs is 5. The van der Waals surface area contributed by atoms with E-state index in [0.29, 0.717) is 11.5 Å². The molecule has 0 fully saturated rings. The third-order valence-corrected chi connectivity index (χ3v) is 5.88. The van der Waals surface area contributed by atoms with E-state index in [9.17, 15) is 4.79 Å². The van der Waals surface area contributed by atoms with Gasteiger partial charge in [0.25, 0.3) is 0 Å². The second-order valence-electron chi connectivity index (χ2n) is 7.11. The molecule has 1 aliphatic rings. The molecule has 0 amide bonds. The number of ether oxygens (including phenoxy) is 3. The number of rotatable bonds is 6. The summed E-state index contributed by atoms with van der Waals surface area (Å²) in [7, 11) is 5.50. The first-order chi connectivity index (χ1) is 14.1. The maximum atomic E-state index is 12.1. The zero-order chi connectivity index (χ0) is 20.4. The van der Waals surface area contributed by atoms with Crippen molar-refractivity contribution < 1.29 is 19.0 Å². The quantitative estimate of drug-likeness (QED) is 0.319. The van der Waals surface area contributed by atoms with Gasteiger partial charge in [-0.05, 0) is 44.8 Å². The predicted molar refractivity (Wildman–Crippen MR) is 115 cm³/mol. The van der Waals surface area contributed by atoms with Crippen LogP contribution in [0.4, 0.5) is 0 Å². The van der Waals surface area contributed by atoms with Crippen LogP contribution in [0.5, 0.6) is 17.2 Å². The molecule has 0 aliphatic carbocycles. The number of carbonyl (C=O) groups is 1. The van der Waals surface area contributed by atoms with Crippen molar-refractivity contribution in [3.05, 3.63) is 53.4 Å². The summed E-state index contributed by atoms with van der Waals surface area (Å²) in [6, 6.07) is 15.6. The summed E-state index contributed by atoms with van der Waals surface area (Å²) >= 11 is 1.42. The Morgan fingerprint density at radius 1 is 1.03 bits per heavy atom. The van der Waals surface area contributed by atoms with E-state index in [1.807, 2.05) is 48.5 Å². The average molecular weight is 410 g/mol.